The fraction of sp³-hybridized carbons (Fsp3) is 0.0909. The molecule has 88 valence electrons. The minimum atomic E-state index is -1.38. The number of aromatic nitrogens is 2. The van der Waals surface area contributed by atoms with Gasteiger partial charge in [-0.3, -0.25) is 0 Å². The predicted octanol–water partition coefficient (Wildman–Crippen LogP) is 3.54. The van der Waals surface area contributed by atoms with Crippen LogP contribution in [0, 0.1) is 0 Å². The van der Waals surface area contributed by atoms with Gasteiger partial charge in [-0.05, 0) is 11.6 Å². The van der Waals surface area contributed by atoms with Crippen LogP contribution in [-0.4, -0.2) is 9.55 Å². The molecular formula is C11H10Cl2N3P. The van der Waals surface area contributed by atoms with Crippen molar-refractivity contribution in [2.45, 2.75) is 6.54 Å². The van der Waals surface area contributed by atoms with Gasteiger partial charge in [0.15, 0.2) is 0 Å². The Bertz CT molecular complexity index is 540. The van der Waals surface area contributed by atoms with Gasteiger partial charge in [-0.1, -0.05) is 52.8 Å². The number of rotatable bonds is 3. The molecule has 0 aliphatic heterocycles. The topological polar surface area (TPSA) is 30.2 Å². The number of benzene rings is 1. The van der Waals surface area contributed by atoms with E-state index in [1.165, 1.54) is 5.56 Å². The van der Waals surface area contributed by atoms with Crippen molar-refractivity contribution in [1.82, 2.24) is 9.55 Å². The van der Waals surface area contributed by atoms with Crippen LogP contribution in [0.3, 0.4) is 0 Å². The average molecular weight is 286 g/mol. The molecule has 0 bridgehead atoms. The lowest BCUT2D eigenvalue weighted by Crippen LogP contribution is -2.23. The van der Waals surface area contributed by atoms with Crippen LogP contribution in [0.15, 0.2) is 53.6 Å². The Hall–Kier alpha value is -0.890. The lowest BCUT2D eigenvalue weighted by Gasteiger charge is -2.06. The molecule has 0 radical (unpaired) electrons. The summed E-state index contributed by atoms with van der Waals surface area (Å²) in [4.78, 5) is 4.16. The monoisotopic (exact) mass is 285 g/mol. The molecular weight excluding hydrogens is 276 g/mol. The summed E-state index contributed by atoms with van der Waals surface area (Å²) < 4.78 is 6.02. The van der Waals surface area contributed by atoms with Crippen LogP contribution < -0.4 is 5.62 Å². The largest absolute Gasteiger partial charge is 0.313 e. The summed E-state index contributed by atoms with van der Waals surface area (Å²) in [6.07, 6.45) is 3.58. The molecule has 0 unspecified atom stereocenters. The molecule has 0 aliphatic carbocycles. The van der Waals surface area contributed by atoms with Crippen molar-refractivity contribution in [1.29, 1.82) is 0 Å². The molecule has 0 spiro atoms. The SMILES string of the molecule is ClP(Cl)/N=c1\ncccn1Cc1ccccc1. The number of hydrogen-bond acceptors (Lipinski definition) is 2. The number of halogens is 2. The molecule has 1 aromatic carbocycles. The Labute approximate surface area is 110 Å². The normalized spacial score (nSPS) is 12.1. The number of hydrogen-bond donors (Lipinski definition) is 0. The van der Waals surface area contributed by atoms with E-state index >= 15 is 0 Å². The van der Waals surface area contributed by atoms with Crippen LogP contribution in [-0.2, 0) is 6.54 Å². The van der Waals surface area contributed by atoms with Gasteiger partial charge in [-0.2, -0.15) is 4.76 Å². The van der Waals surface area contributed by atoms with Crippen molar-refractivity contribution in [2.75, 3.05) is 0 Å². The molecule has 1 aromatic heterocycles. The first-order valence-corrected chi connectivity index (χ1v) is 8.08. The van der Waals surface area contributed by atoms with Crippen molar-refractivity contribution in [2.24, 2.45) is 4.76 Å². The molecule has 2 aromatic rings. The lowest BCUT2D eigenvalue weighted by atomic mass is 10.2. The quantitative estimate of drug-likeness (QED) is 0.794. The van der Waals surface area contributed by atoms with E-state index in [0.29, 0.717) is 12.2 Å². The zero-order valence-electron chi connectivity index (χ0n) is 8.87. The van der Waals surface area contributed by atoms with Crippen LogP contribution >= 0.6 is 29.3 Å². The summed E-state index contributed by atoms with van der Waals surface area (Å²) >= 11 is 11.4. The van der Waals surface area contributed by atoms with Gasteiger partial charge in [0.1, 0.15) is 0 Å². The highest BCUT2D eigenvalue weighted by molar-refractivity contribution is 8.02. The Kier molecular flexibility index (Phi) is 4.55. The highest BCUT2D eigenvalue weighted by Gasteiger charge is 1.99. The Morgan fingerprint density at radius 3 is 2.65 bits per heavy atom. The zero-order chi connectivity index (χ0) is 12.1. The molecule has 0 saturated heterocycles. The van der Waals surface area contributed by atoms with Crippen LogP contribution in [0.5, 0.6) is 0 Å². The van der Waals surface area contributed by atoms with E-state index in [1.54, 1.807) is 6.20 Å². The smallest absolute Gasteiger partial charge is 0.231 e. The fourth-order valence-electron chi connectivity index (χ4n) is 1.45. The van der Waals surface area contributed by atoms with Crippen molar-refractivity contribution < 1.29 is 0 Å². The van der Waals surface area contributed by atoms with Crippen molar-refractivity contribution >= 4 is 29.3 Å². The summed E-state index contributed by atoms with van der Waals surface area (Å²) in [6, 6.07) is 11.9. The van der Waals surface area contributed by atoms with Crippen LogP contribution in [0.2, 0.25) is 0 Å². The highest BCUT2D eigenvalue weighted by Crippen LogP contribution is 2.47. The molecule has 0 amide bonds. The second-order valence-corrected chi connectivity index (χ2v) is 6.42. The molecule has 17 heavy (non-hydrogen) atoms. The second kappa shape index (κ2) is 6.15. The Morgan fingerprint density at radius 2 is 1.94 bits per heavy atom. The first-order chi connectivity index (χ1) is 8.25. The minimum Gasteiger partial charge on any atom is -0.313 e. The van der Waals surface area contributed by atoms with E-state index in [9.17, 15) is 0 Å². The van der Waals surface area contributed by atoms with Gasteiger partial charge in [0.05, 0.1) is 6.54 Å². The third-order valence-corrected chi connectivity index (χ3v) is 2.94. The van der Waals surface area contributed by atoms with Gasteiger partial charge in [-0.15, -0.1) is 0 Å². The van der Waals surface area contributed by atoms with Crippen molar-refractivity contribution in [3.8, 4) is 0 Å². The first kappa shape index (κ1) is 12.6. The van der Waals surface area contributed by atoms with E-state index in [2.05, 4.69) is 9.75 Å². The third-order valence-electron chi connectivity index (χ3n) is 2.16. The third kappa shape index (κ3) is 3.81. The van der Waals surface area contributed by atoms with E-state index < -0.39 is 6.78 Å². The Morgan fingerprint density at radius 1 is 1.18 bits per heavy atom. The number of nitrogens with zero attached hydrogens (tertiary/aromatic N) is 3. The maximum absolute atomic E-state index is 5.70. The Balaban J connectivity index is 2.34. The highest BCUT2D eigenvalue weighted by atomic mass is 35.9. The molecule has 0 N–H and O–H groups in total. The predicted molar refractivity (Wildman–Crippen MR) is 72.0 cm³/mol. The van der Waals surface area contributed by atoms with Crippen molar-refractivity contribution in [3.05, 3.63) is 60.0 Å². The fourth-order valence-corrected chi connectivity index (χ4v) is 2.15. The van der Waals surface area contributed by atoms with Crippen LogP contribution in [0.1, 0.15) is 5.56 Å². The molecule has 0 aliphatic rings. The van der Waals surface area contributed by atoms with Crippen molar-refractivity contribution in [3.63, 3.8) is 0 Å². The van der Waals surface area contributed by atoms with Gasteiger partial charge >= 0.3 is 0 Å². The molecule has 6 heteroatoms. The molecule has 2 rings (SSSR count). The molecule has 0 fully saturated rings. The van der Waals surface area contributed by atoms with Gasteiger partial charge in [0.25, 0.3) is 0 Å². The maximum Gasteiger partial charge on any atom is 0.231 e. The average Bonchev–Trinajstić information content (AvgIpc) is 2.32. The maximum atomic E-state index is 5.70. The van der Waals surface area contributed by atoms with Gasteiger partial charge in [-0.25, -0.2) is 4.98 Å². The summed E-state index contributed by atoms with van der Waals surface area (Å²) in [5, 5.41) is 0. The van der Waals surface area contributed by atoms with E-state index in [0.717, 1.165) is 0 Å². The minimum absolute atomic E-state index is 0.549. The molecule has 0 saturated carbocycles. The van der Waals surface area contributed by atoms with Gasteiger partial charge < -0.3 is 4.57 Å². The van der Waals surface area contributed by atoms with Crippen LogP contribution in [0.4, 0.5) is 0 Å². The van der Waals surface area contributed by atoms with Gasteiger partial charge in [0.2, 0.25) is 12.4 Å². The van der Waals surface area contributed by atoms with E-state index in [4.69, 9.17) is 22.5 Å². The van der Waals surface area contributed by atoms with Gasteiger partial charge in [0, 0.05) is 12.4 Å². The first-order valence-electron chi connectivity index (χ1n) is 4.97. The van der Waals surface area contributed by atoms with E-state index in [1.807, 2.05) is 47.2 Å². The summed E-state index contributed by atoms with van der Waals surface area (Å²) in [7, 11) is 0. The summed E-state index contributed by atoms with van der Waals surface area (Å²) in [5.74, 6) is 0. The molecule has 3 nitrogen and oxygen atoms in total. The van der Waals surface area contributed by atoms with Crippen LogP contribution in [0.25, 0.3) is 0 Å². The van der Waals surface area contributed by atoms with E-state index in [-0.39, 0.29) is 0 Å². The summed E-state index contributed by atoms with van der Waals surface area (Å²) in [5.41, 5.74) is 1.72. The second-order valence-electron chi connectivity index (χ2n) is 3.35. The summed E-state index contributed by atoms with van der Waals surface area (Å²) in [6.45, 7) is -0.683. The molecule has 0 atom stereocenters. The lowest BCUT2D eigenvalue weighted by molar-refractivity contribution is 0.713. The standard InChI is InChI=1S/C11H10Cl2N3P/c12-17(13)15-11-14-7-4-8-16(11)9-10-5-2-1-3-6-10/h1-8H,9H2/b15-11+. The zero-order valence-corrected chi connectivity index (χ0v) is 11.3. The molecule has 1 heterocycles.